The Balaban J connectivity index is 2.49. The minimum atomic E-state index is -2.77. The van der Waals surface area contributed by atoms with Crippen molar-refractivity contribution in [2.45, 2.75) is 12.8 Å². The van der Waals surface area contributed by atoms with Crippen molar-refractivity contribution < 1.29 is 13.5 Å². The summed E-state index contributed by atoms with van der Waals surface area (Å²) in [5, 5.41) is 9.01. The van der Waals surface area contributed by atoms with Gasteiger partial charge in [-0.2, -0.15) is 12.6 Å². The first-order valence-corrected chi connectivity index (χ1v) is 6.96. The van der Waals surface area contributed by atoms with Gasteiger partial charge in [0, 0.05) is 6.61 Å². The molecule has 0 aliphatic carbocycles. The molecule has 13 heavy (non-hydrogen) atoms. The van der Waals surface area contributed by atoms with Gasteiger partial charge in [0.15, 0.2) is 0 Å². The lowest BCUT2D eigenvalue weighted by Gasteiger charge is -2.27. The summed E-state index contributed by atoms with van der Waals surface area (Å²) >= 11 is 4.14. The molecule has 0 spiro atoms. The Hall–Kier alpha value is 0.260. The molecule has 1 atom stereocenters. The Kier molecular flexibility index (Phi) is 4.06. The summed E-state index contributed by atoms with van der Waals surface area (Å²) in [6.45, 7) is 0.119. The van der Waals surface area contributed by atoms with Crippen molar-refractivity contribution in [3.05, 3.63) is 0 Å². The van der Waals surface area contributed by atoms with Crippen LogP contribution >= 0.6 is 12.6 Å². The van der Waals surface area contributed by atoms with Gasteiger partial charge >= 0.3 is 0 Å². The van der Waals surface area contributed by atoms with Crippen molar-refractivity contribution in [3.63, 3.8) is 0 Å². The Morgan fingerprint density at radius 2 is 1.92 bits per heavy atom. The summed E-state index contributed by atoms with van der Waals surface area (Å²) in [4.78, 5) is 0. The van der Waals surface area contributed by atoms with E-state index in [4.69, 9.17) is 5.11 Å². The molecular formula is C8H16O3S2. The van der Waals surface area contributed by atoms with Crippen LogP contribution in [0.2, 0.25) is 0 Å². The molecule has 5 heteroatoms. The van der Waals surface area contributed by atoms with Crippen LogP contribution in [0, 0.1) is 11.8 Å². The number of thiol groups is 1. The Labute approximate surface area is 84.9 Å². The molecule has 0 aromatic carbocycles. The van der Waals surface area contributed by atoms with Crippen molar-refractivity contribution in [2.75, 3.05) is 23.9 Å². The average Bonchev–Trinajstić information content (AvgIpc) is 2.09. The molecule has 1 unspecified atom stereocenters. The fourth-order valence-corrected chi connectivity index (χ4v) is 3.68. The summed E-state index contributed by atoms with van der Waals surface area (Å²) < 4.78 is 22.2. The molecule has 0 saturated carbocycles. The maximum atomic E-state index is 11.1. The van der Waals surface area contributed by atoms with Gasteiger partial charge in [0.25, 0.3) is 0 Å². The van der Waals surface area contributed by atoms with Crippen molar-refractivity contribution in [1.29, 1.82) is 0 Å². The van der Waals surface area contributed by atoms with Crippen LogP contribution < -0.4 is 0 Å². The molecule has 0 aromatic heterocycles. The highest BCUT2D eigenvalue weighted by molar-refractivity contribution is 7.91. The largest absolute Gasteiger partial charge is 0.396 e. The Morgan fingerprint density at radius 1 is 1.38 bits per heavy atom. The molecule has 1 N–H and O–H groups in total. The van der Waals surface area contributed by atoms with Gasteiger partial charge in [0.1, 0.15) is 9.84 Å². The number of hydrogen-bond donors (Lipinski definition) is 2. The Morgan fingerprint density at radius 3 is 2.31 bits per heavy atom. The second-order valence-corrected chi connectivity index (χ2v) is 6.28. The second-order valence-electron chi connectivity index (χ2n) is 3.61. The number of sulfone groups is 1. The second kappa shape index (κ2) is 4.66. The lowest BCUT2D eigenvalue weighted by molar-refractivity contribution is 0.184. The topological polar surface area (TPSA) is 54.4 Å². The van der Waals surface area contributed by atoms with Crippen LogP contribution in [0.1, 0.15) is 12.8 Å². The highest BCUT2D eigenvalue weighted by Crippen LogP contribution is 2.26. The summed E-state index contributed by atoms with van der Waals surface area (Å²) in [5.74, 6) is 1.70. The Bertz CT molecular complexity index is 230. The van der Waals surface area contributed by atoms with Gasteiger partial charge in [0.05, 0.1) is 11.5 Å². The lowest BCUT2D eigenvalue weighted by atomic mass is 9.89. The molecule has 1 fully saturated rings. The summed E-state index contributed by atoms with van der Waals surface area (Å²) in [6.07, 6.45) is 1.38. The van der Waals surface area contributed by atoms with Gasteiger partial charge in [0.2, 0.25) is 0 Å². The third-order valence-corrected chi connectivity index (χ3v) is 4.92. The summed E-state index contributed by atoms with van der Waals surface area (Å²) in [7, 11) is -2.77. The molecule has 0 radical (unpaired) electrons. The van der Waals surface area contributed by atoms with E-state index < -0.39 is 9.84 Å². The van der Waals surface area contributed by atoms with Crippen LogP contribution in [0.15, 0.2) is 0 Å². The maximum absolute atomic E-state index is 11.1. The average molecular weight is 224 g/mol. The predicted molar refractivity (Wildman–Crippen MR) is 55.8 cm³/mol. The molecule has 1 saturated heterocycles. The monoisotopic (exact) mass is 224 g/mol. The van der Waals surface area contributed by atoms with Gasteiger partial charge in [-0.1, -0.05) is 0 Å². The van der Waals surface area contributed by atoms with E-state index in [9.17, 15) is 8.42 Å². The van der Waals surface area contributed by atoms with Gasteiger partial charge in [-0.25, -0.2) is 8.42 Å². The molecule has 78 valence electrons. The van der Waals surface area contributed by atoms with Crippen molar-refractivity contribution in [3.8, 4) is 0 Å². The smallest absolute Gasteiger partial charge is 0.150 e. The van der Waals surface area contributed by atoms with E-state index in [2.05, 4.69) is 12.6 Å². The van der Waals surface area contributed by atoms with Crippen LogP contribution in [-0.2, 0) is 9.84 Å². The third-order valence-electron chi connectivity index (χ3n) is 2.73. The van der Waals surface area contributed by atoms with Crippen LogP contribution in [0.3, 0.4) is 0 Å². The van der Waals surface area contributed by atoms with E-state index in [0.29, 0.717) is 24.5 Å². The number of aliphatic hydroxyl groups is 1. The molecule has 1 aliphatic rings. The quantitative estimate of drug-likeness (QED) is 0.680. The molecule has 1 aliphatic heterocycles. The fraction of sp³-hybridized carbons (Fsp3) is 1.00. The van der Waals surface area contributed by atoms with Crippen LogP contribution in [-0.4, -0.2) is 37.4 Å². The zero-order chi connectivity index (χ0) is 9.90. The van der Waals surface area contributed by atoms with Crippen molar-refractivity contribution >= 4 is 22.5 Å². The van der Waals surface area contributed by atoms with Gasteiger partial charge in [-0.15, -0.1) is 0 Å². The standard InChI is InChI=1S/C8H16O3S2/c9-5-8(6-12)7-1-3-13(10,11)4-2-7/h7-9,12H,1-6H2. The van der Waals surface area contributed by atoms with E-state index >= 15 is 0 Å². The first kappa shape index (κ1) is 11.3. The maximum Gasteiger partial charge on any atom is 0.150 e. The van der Waals surface area contributed by atoms with E-state index in [1.807, 2.05) is 0 Å². The van der Waals surface area contributed by atoms with Crippen LogP contribution in [0.4, 0.5) is 0 Å². The van der Waals surface area contributed by atoms with Crippen molar-refractivity contribution in [1.82, 2.24) is 0 Å². The van der Waals surface area contributed by atoms with E-state index in [0.717, 1.165) is 0 Å². The molecule has 0 aromatic rings. The minimum Gasteiger partial charge on any atom is -0.396 e. The number of hydrogen-bond acceptors (Lipinski definition) is 4. The van der Waals surface area contributed by atoms with Crippen LogP contribution in [0.25, 0.3) is 0 Å². The summed E-state index contributed by atoms with van der Waals surface area (Å²) in [6, 6.07) is 0. The molecule has 0 amide bonds. The molecule has 1 rings (SSSR count). The lowest BCUT2D eigenvalue weighted by Crippen LogP contribution is -2.30. The zero-order valence-electron chi connectivity index (χ0n) is 7.52. The first-order valence-electron chi connectivity index (χ1n) is 4.51. The molecule has 3 nitrogen and oxygen atoms in total. The van der Waals surface area contributed by atoms with E-state index in [1.54, 1.807) is 0 Å². The minimum absolute atomic E-state index is 0.119. The number of rotatable bonds is 3. The highest BCUT2D eigenvalue weighted by Gasteiger charge is 2.28. The van der Waals surface area contributed by atoms with Crippen molar-refractivity contribution in [2.24, 2.45) is 11.8 Å². The highest BCUT2D eigenvalue weighted by atomic mass is 32.2. The normalized spacial score (nSPS) is 25.7. The number of aliphatic hydroxyl groups excluding tert-OH is 1. The molecule has 1 heterocycles. The van der Waals surface area contributed by atoms with Gasteiger partial charge < -0.3 is 5.11 Å². The summed E-state index contributed by atoms with van der Waals surface area (Å²) in [5.41, 5.74) is 0. The van der Waals surface area contributed by atoms with E-state index in [-0.39, 0.29) is 24.0 Å². The zero-order valence-corrected chi connectivity index (χ0v) is 9.23. The van der Waals surface area contributed by atoms with Gasteiger partial charge in [-0.05, 0) is 30.4 Å². The third kappa shape index (κ3) is 3.14. The molecular weight excluding hydrogens is 208 g/mol. The fourth-order valence-electron chi connectivity index (χ4n) is 1.74. The van der Waals surface area contributed by atoms with E-state index in [1.165, 1.54) is 0 Å². The molecule has 0 bridgehead atoms. The van der Waals surface area contributed by atoms with Crippen LogP contribution in [0.5, 0.6) is 0 Å². The SMILES string of the molecule is O=S1(=O)CCC(C(CO)CS)CC1. The van der Waals surface area contributed by atoms with Gasteiger partial charge in [-0.3, -0.25) is 0 Å². The first-order chi connectivity index (χ1) is 6.09. The predicted octanol–water partition coefficient (Wildman–Crippen LogP) is 0.350.